The molecule has 0 bridgehead atoms. The molecule has 532 valence electrons. The van der Waals surface area contributed by atoms with Crippen molar-refractivity contribution < 1.29 is 46.4 Å². The summed E-state index contributed by atoms with van der Waals surface area (Å²) in [5.41, 5.74) is 6.29. The van der Waals surface area contributed by atoms with Crippen LogP contribution in [0, 0.1) is 48.9 Å². The third kappa shape index (κ3) is 17.8. The van der Waals surface area contributed by atoms with E-state index in [-0.39, 0.29) is 86.9 Å². The Labute approximate surface area is 631 Å². The first kappa shape index (κ1) is 75.5. The van der Waals surface area contributed by atoms with Crippen LogP contribution in [0.5, 0.6) is 46.0 Å². The van der Waals surface area contributed by atoms with Crippen molar-refractivity contribution in [3.05, 3.63) is 296 Å². The zero-order valence-corrected chi connectivity index (χ0v) is 63.0. The van der Waals surface area contributed by atoms with Crippen molar-refractivity contribution >= 4 is 114 Å². The van der Waals surface area contributed by atoms with Crippen molar-refractivity contribution in [1.82, 2.24) is 43.1 Å². The highest BCUT2D eigenvalue weighted by molar-refractivity contribution is 14.1. The standard InChI is InChI=1S/C28H22FIN4O5.C27H24FIN4O4.C19H16FIN4O3/c1-16-4-8-20(14-31-16)39-23-13-24(35)32(2)26-25(23)27(36)33(15-17-5-9-19(38-3)10-6-17)28(37)34(26)22-11-7-18(30)12-21(22)29;1-16-4-8-20(15-30-16)37-23-13-24(34)33(2)26(32-22-11-7-18(29)12-21(22)28)25(23)27(35)31-14-17-5-9-19(36-3)10-6-17;1-10-3-5-12(9-23-10)28-15-8-16(26)25(2)19(17(15)18(22)27)24-14-6-4-11(21)7-13(14)20/h4-14H,15H2,1-3H3;4-13,15,32H,14H2,1-3H3,(H,31,35);3-9,24H,1-2H3,(H2,22,27). The average molecular weight is 1750 g/mol. The molecule has 0 saturated heterocycles. The summed E-state index contributed by atoms with van der Waals surface area (Å²) in [6.45, 7) is 5.54. The van der Waals surface area contributed by atoms with E-state index in [1.807, 2.05) is 101 Å². The molecule has 7 aromatic heterocycles. The number of nitrogens with one attached hydrogen (secondary N) is 3. The van der Waals surface area contributed by atoms with Crippen LogP contribution in [-0.2, 0) is 34.2 Å². The molecule has 2 amide bonds. The highest BCUT2D eigenvalue weighted by Gasteiger charge is 2.27. The molecule has 12 rings (SSSR count). The number of anilines is 4. The van der Waals surface area contributed by atoms with Crippen LogP contribution < -0.4 is 73.3 Å². The number of halogens is 6. The summed E-state index contributed by atoms with van der Waals surface area (Å²) >= 11 is 5.94. The fourth-order valence-corrected chi connectivity index (χ4v) is 11.6. The number of benzene rings is 5. The maximum atomic E-state index is 15.3. The van der Waals surface area contributed by atoms with E-state index in [9.17, 15) is 42.3 Å². The summed E-state index contributed by atoms with van der Waals surface area (Å²) in [5, 5.41) is 8.49. The van der Waals surface area contributed by atoms with Gasteiger partial charge in [-0.05, 0) is 215 Å². The number of carbonyl (C=O) groups excluding carboxylic acids is 2. The molecular weight excluding hydrogens is 1690 g/mol. The van der Waals surface area contributed by atoms with Gasteiger partial charge in [-0.3, -0.25) is 62.0 Å². The summed E-state index contributed by atoms with van der Waals surface area (Å²) in [6, 6.07) is 41.3. The van der Waals surface area contributed by atoms with E-state index < -0.39 is 57.2 Å². The van der Waals surface area contributed by atoms with E-state index in [4.69, 9.17) is 29.4 Å². The number of primary amides is 1. The van der Waals surface area contributed by atoms with Crippen LogP contribution in [0.3, 0.4) is 0 Å². The van der Waals surface area contributed by atoms with Crippen LogP contribution in [-0.4, -0.2) is 63.8 Å². The van der Waals surface area contributed by atoms with Crippen molar-refractivity contribution in [2.45, 2.75) is 33.9 Å². The Bertz CT molecular complexity index is 5570. The largest absolute Gasteiger partial charge is 0.497 e. The van der Waals surface area contributed by atoms with Gasteiger partial charge in [-0.2, -0.15) is 0 Å². The number of amides is 2. The van der Waals surface area contributed by atoms with Gasteiger partial charge in [0, 0.05) is 73.7 Å². The number of nitrogens with two attached hydrogens (primary N) is 1. The van der Waals surface area contributed by atoms with Crippen molar-refractivity contribution in [2.75, 3.05) is 24.9 Å². The fraction of sp³-hybridized carbons (Fsp3) is 0.135. The monoisotopic (exact) mass is 1750 g/mol. The number of ether oxygens (including phenoxy) is 5. The lowest BCUT2D eigenvalue weighted by molar-refractivity contribution is 0.0947. The molecule has 0 unspecified atom stereocenters. The SMILES string of the molecule is COc1ccc(CNC(=O)c2c(Oc3ccc(C)nc3)cc(=O)n(C)c2Nc2ccc(I)cc2F)cc1.COc1ccc(Cn2c(=O)c3c(Oc4ccc(C)nc4)cc(=O)n(C)c3n(-c3ccc(I)cc3F)c2=O)cc1.Cc1ccc(Oc2cc(=O)n(C)c(Nc3ccc(I)cc3F)c2C(N)=O)cn1. The van der Waals surface area contributed by atoms with E-state index in [0.717, 1.165) is 47.0 Å². The average Bonchev–Trinajstić information content (AvgIpc) is 0.730. The number of rotatable bonds is 19. The quantitative estimate of drug-likeness (QED) is 0.0547. The minimum absolute atomic E-state index is 0.00871. The predicted octanol–water partition coefficient (Wildman–Crippen LogP) is 12.9. The lowest BCUT2D eigenvalue weighted by Crippen LogP contribution is -2.42. The summed E-state index contributed by atoms with van der Waals surface area (Å²) in [5.74, 6) is -0.864. The first-order valence-corrected chi connectivity index (χ1v) is 34.3. The molecule has 7 heterocycles. The second-order valence-electron chi connectivity index (χ2n) is 22.9. The molecule has 0 atom stereocenters. The lowest BCUT2D eigenvalue weighted by atomic mass is 10.1. The zero-order chi connectivity index (χ0) is 74.8. The second-order valence-corrected chi connectivity index (χ2v) is 26.7. The van der Waals surface area contributed by atoms with E-state index in [0.29, 0.717) is 39.3 Å². The normalized spacial score (nSPS) is 10.8. The second kappa shape index (κ2) is 33.3. The molecule has 104 heavy (non-hydrogen) atoms. The Morgan fingerprint density at radius 3 is 1.33 bits per heavy atom. The number of aryl methyl sites for hydroxylation is 4. The van der Waals surface area contributed by atoms with Gasteiger partial charge in [0.25, 0.3) is 34.1 Å². The Balaban J connectivity index is 0.000000170. The molecule has 0 saturated carbocycles. The van der Waals surface area contributed by atoms with Gasteiger partial charge >= 0.3 is 5.69 Å². The van der Waals surface area contributed by atoms with Gasteiger partial charge in [0.05, 0.1) is 56.4 Å². The van der Waals surface area contributed by atoms with Crippen LogP contribution in [0.2, 0.25) is 0 Å². The number of hydrogen-bond acceptors (Lipinski definition) is 17. The predicted molar refractivity (Wildman–Crippen MR) is 412 cm³/mol. The summed E-state index contributed by atoms with van der Waals surface area (Å²) in [6.07, 6.45) is 4.42. The summed E-state index contributed by atoms with van der Waals surface area (Å²) in [7, 11) is 7.46. The molecule has 12 aromatic rings. The van der Waals surface area contributed by atoms with Crippen molar-refractivity contribution in [3.63, 3.8) is 0 Å². The Morgan fingerprint density at radius 2 is 0.894 bits per heavy atom. The molecule has 0 aliphatic carbocycles. The molecule has 0 spiro atoms. The smallest absolute Gasteiger partial charge is 0.337 e. The Kier molecular flexibility index (Phi) is 24.2. The van der Waals surface area contributed by atoms with E-state index in [1.165, 1.54) is 99.9 Å². The number of aromatic nitrogens is 8. The highest BCUT2D eigenvalue weighted by atomic mass is 127. The van der Waals surface area contributed by atoms with Gasteiger partial charge < -0.3 is 45.4 Å². The zero-order valence-electron chi connectivity index (χ0n) is 56.5. The number of fused-ring (bicyclic) bond motifs is 1. The van der Waals surface area contributed by atoms with Crippen LogP contribution in [0.1, 0.15) is 48.9 Å². The third-order valence-corrected chi connectivity index (χ3v) is 17.7. The summed E-state index contributed by atoms with van der Waals surface area (Å²) in [4.78, 5) is 104. The summed E-state index contributed by atoms with van der Waals surface area (Å²) < 4.78 is 79.8. The number of nitrogens with zero attached hydrogens (tertiary/aromatic N) is 8. The van der Waals surface area contributed by atoms with Crippen LogP contribution in [0.4, 0.5) is 36.2 Å². The van der Waals surface area contributed by atoms with Gasteiger partial charge in [-0.15, -0.1) is 0 Å². The Hall–Kier alpha value is -11.1. The Morgan fingerprint density at radius 1 is 0.490 bits per heavy atom. The van der Waals surface area contributed by atoms with Gasteiger partial charge in [-0.1, -0.05) is 24.3 Å². The fourth-order valence-electron chi connectivity index (χ4n) is 10.2. The maximum absolute atomic E-state index is 15.3. The van der Waals surface area contributed by atoms with E-state index in [1.54, 1.807) is 98.1 Å². The lowest BCUT2D eigenvalue weighted by Gasteiger charge is -2.19. The molecular formula is C74H62F3I3N12O12. The van der Waals surface area contributed by atoms with Gasteiger partial charge in [0.15, 0.2) is 0 Å². The van der Waals surface area contributed by atoms with E-state index >= 15 is 4.39 Å². The first-order chi connectivity index (χ1) is 49.7. The minimum atomic E-state index is -0.834. The number of methoxy groups -OCH3 is 2. The number of pyridine rings is 6. The molecule has 5 aromatic carbocycles. The van der Waals surface area contributed by atoms with Crippen molar-refractivity contribution in [2.24, 2.45) is 26.9 Å². The molecule has 0 aliphatic heterocycles. The maximum Gasteiger partial charge on any atom is 0.337 e. The van der Waals surface area contributed by atoms with Gasteiger partial charge in [-0.25, -0.2) is 22.5 Å². The minimum Gasteiger partial charge on any atom is -0.497 e. The molecule has 0 radical (unpaired) electrons. The van der Waals surface area contributed by atoms with Crippen molar-refractivity contribution in [3.8, 4) is 51.7 Å². The number of carbonyl (C=O) groups is 2. The van der Waals surface area contributed by atoms with Gasteiger partial charge in [0.2, 0.25) is 0 Å². The topological polar surface area (TPSA) is 291 Å². The van der Waals surface area contributed by atoms with Crippen molar-refractivity contribution in [1.29, 1.82) is 0 Å². The van der Waals surface area contributed by atoms with E-state index in [2.05, 4.69) is 30.9 Å². The third-order valence-electron chi connectivity index (χ3n) is 15.7. The van der Waals surface area contributed by atoms with Gasteiger partial charge in [0.1, 0.15) is 97.2 Å². The highest BCUT2D eigenvalue weighted by Crippen LogP contribution is 2.35. The molecule has 0 aliphatic rings. The number of hydrogen-bond donors (Lipinski definition) is 4. The first-order valence-electron chi connectivity index (χ1n) is 31.1. The molecule has 24 nitrogen and oxygen atoms in total. The van der Waals surface area contributed by atoms with Crippen LogP contribution in [0.25, 0.3) is 16.7 Å². The molecule has 5 N–H and O–H groups in total. The van der Waals surface area contributed by atoms with Crippen LogP contribution in [0.15, 0.2) is 200 Å². The molecule has 0 fully saturated rings. The molecule has 30 heteroatoms. The van der Waals surface area contributed by atoms with Crippen LogP contribution >= 0.6 is 67.8 Å².